The molecular weight excluding hydrogens is 424 g/mol. The molecule has 1 aromatic carbocycles. The van der Waals surface area contributed by atoms with E-state index in [1.165, 1.54) is 0 Å². The summed E-state index contributed by atoms with van der Waals surface area (Å²) in [6.07, 6.45) is 2.62. The number of aliphatic carboxylic acids is 1. The third kappa shape index (κ3) is 4.47. The lowest BCUT2D eigenvalue weighted by Gasteiger charge is -2.39. The quantitative estimate of drug-likeness (QED) is 0.641. The zero-order valence-corrected chi connectivity index (χ0v) is 19.5. The van der Waals surface area contributed by atoms with Crippen LogP contribution in [-0.4, -0.2) is 55.7 Å². The standard InChI is InChI=1S/C25H30N2O6/c1-5-33-21-12-16-17-10-14(11-23(28)29)6-8-19(17)26-24(18(16)13-20(21)30-2)15-7-9-22(31-3)27-25(15)32-4/h7,9,12-14,17,19H,5-6,8,10-11H2,1-4H3,(H,28,29)/t14-,17-,19-/m1/s1. The fourth-order valence-corrected chi connectivity index (χ4v) is 5.00. The summed E-state index contributed by atoms with van der Waals surface area (Å²) in [5.74, 6) is 1.69. The number of pyridine rings is 1. The molecule has 33 heavy (non-hydrogen) atoms. The van der Waals surface area contributed by atoms with Crippen molar-refractivity contribution in [2.45, 2.75) is 44.6 Å². The minimum Gasteiger partial charge on any atom is -0.493 e. The van der Waals surface area contributed by atoms with E-state index in [-0.39, 0.29) is 24.3 Å². The zero-order chi connectivity index (χ0) is 23.5. The van der Waals surface area contributed by atoms with E-state index in [2.05, 4.69) is 4.98 Å². The molecule has 1 N–H and O–H groups in total. The van der Waals surface area contributed by atoms with E-state index in [4.69, 9.17) is 23.9 Å². The first kappa shape index (κ1) is 22.9. The number of hydrogen-bond acceptors (Lipinski definition) is 7. The number of benzene rings is 1. The van der Waals surface area contributed by atoms with Crippen molar-refractivity contribution in [2.75, 3.05) is 27.9 Å². The number of ether oxygens (including phenoxy) is 4. The molecule has 2 aliphatic rings. The molecule has 1 aliphatic heterocycles. The monoisotopic (exact) mass is 454 g/mol. The van der Waals surface area contributed by atoms with Crippen molar-refractivity contribution in [3.8, 4) is 23.3 Å². The van der Waals surface area contributed by atoms with E-state index in [0.717, 1.165) is 41.7 Å². The van der Waals surface area contributed by atoms with Gasteiger partial charge in [-0.1, -0.05) is 0 Å². The highest BCUT2D eigenvalue weighted by Crippen LogP contribution is 2.47. The van der Waals surface area contributed by atoms with Crippen molar-refractivity contribution in [1.82, 2.24) is 4.98 Å². The molecule has 0 saturated heterocycles. The van der Waals surface area contributed by atoms with Crippen LogP contribution in [0.4, 0.5) is 0 Å². The number of fused-ring (bicyclic) bond motifs is 3. The van der Waals surface area contributed by atoms with Crippen LogP contribution in [0.15, 0.2) is 29.3 Å². The number of carboxylic acids is 1. The Balaban J connectivity index is 1.86. The summed E-state index contributed by atoms with van der Waals surface area (Å²) in [4.78, 5) is 21.0. The average Bonchev–Trinajstić information content (AvgIpc) is 2.82. The SMILES string of the molecule is CCOc1cc2c(cc1OC)C(c1ccc(OC)nc1OC)=N[C@@H]1CC[C@@H](CC(=O)O)C[C@H]21. The molecule has 1 fully saturated rings. The lowest BCUT2D eigenvalue weighted by molar-refractivity contribution is -0.138. The Hall–Kier alpha value is -3.29. The molecule has 3 atom stereocenters. The Bertz CT molecular complexity index is 1070. The van der Waals surface area contributed by atoms with Gasteiger partial charge in [-0.2, -0.15) is 4.98 Å². The van der Waals surface area contributed by atoms with Gasteiger partial charge in [-0.15, -0.1) is 0 Å². The van der Waals surface area contributed by atoms with Crippen LogP contribution in [0.1, 0.15) is 55.2 Å². The van der Waals surface area contributed by atoms with Crippen LogP contribution in [0.3, 0.4) is 0 Å². The molecule has 2 heterocycles. The fraction of sp³-hybridized carbons (Fsp3) is 0.480. The highest BCUT2D eigenvalue weighted by Gasteiger charge is 2.39. The van der Waals surface area contributed by atoms with Gasteiger partial charge in [0.1, 0.15) is 0 Å². The Morgan fingerprint density at radius 3 is 2.55 bits per heavy atom. The van der Waals surface area contributed by atoms with E-state index < -0.39 is 5.97 Å². The second-order valence-electron chi connectivity index (χ2n) is 8.36. The number of carboxylic acid groups (broad SMARTS) is 1. The van der Waals surface area contributed by atoms with Gasteiger partial charge >= 0.3 is 5.97 Å². The third-order valence-electron chi connectivity index (χ3n) is 6.46. The molecule has 1 aromatic heterocycles. The van der Waals surface area contributed by atoms with Crippen LogP contribution in [0.5, 0.6) is 23.3 Å². The highest BCUT2D eigenvalue weighted by molar-refractivity contribution is 6.16. The molecule has 0 radical (unpaired) electrons. The lowest BCUT2D eigenvalue weighted by Crippen LogP contribution is -2.33. The second kappa shape index (κ2) is 9.68. The summed E-state index contributed by atoms with van der Waals surface area (Å²) in [7, 11) is 4.76. The van der Waals surface area contributed by atoms with Crippen LogP contribution in [-0.2, 0) is 4.79 Å². The minimum atomic E-state index is -0.752. The van der Waals surface area contributed by atoms with E-state index >= 15 is 0 Å². The van der Waals surface area contributed by atoms with E-state index in [0.29, 0.717) is 29.9 Å². The number of methoxy groups -OCH3 is 3. The van der Waals surface area contributed by atoms with Crippen molar-refractivity contribution >= 4 is 11.7 Å². The summed E-state index contributed by atoms with van der Waals surface area (Å²) >= 11 is 0. The van der Waals surface area contributed by atoms with Gasteiger partial charge in [0.2, 0.25) is 11.8 Å². The van der Waals surface area contributed by atoms with Crippen molar-refractivity contribution in [3.63, 3.8) is 0 Å². The predicted molar refractivity (Wildman–Crippen MR) is 123 cm³/mol. The second-order valence-corrected chi connectivity index (χ2v) is 8.36. The number of rotatable bonds is 8. The van der Waals surface area contributed by atoms with E-state index in [1.807, 2.05) is 25.1 Å². The van der Waals surface area contributed by atoms with Crippen LogP contribution in [0, 0.1) is 5.92 Å². The summed E-state index contributed by atoms with van der Waals surface area (Å²) in [6, 6.07) is 7.75. The first-order valence-corrected chi connectivity index (χ1v) is 11.2. The maximum Gasteiger partial charge on any atom is 0.303 e. The van der Waals surface area contributed by atoms with Crippen molar-refractivity contribution < 1.29 is 28.8 Å². The molecular formula is C25H30N2O6. The van der Waals surface area contributed by atoms with E-state index in [9.17, 15) is 9.90 Å². The first-order valence-electron chi connectivity index (χ1n) is 11.2. The molecule has 8 heteroatoms. The van der Waals surface area contributed by atoms with Gasteiger partial charge in [-0.05, 0) is 55.9 Å². The lowest BCUT2D eigenvalue weighted by atomic mass is 9.70. The normalized spacial score (nSPS) is 21.3. The number of carbonyl (C=O) groups is 1. The summed E-state index contributed by atoms with van der Waals surface area (Å²) in [6.45, 7) is 2.45. The van der Waals surface area contributed by atoms with Gasteiger partial charge in [0.25, 0.3) is 0 Å². The Morgan fingerprint density at radius 2 is 1.88 bits per heavy atom. The Labute approximate surface area is 193 Å². The Morgan fingerprint density at radius 1 is 1.06 bits per heavy atom. The predicted octanol–water partition coefficient (Wildman–Crippen LogP) is 4.08. The van der Waals surface area contributed by atoms with Crippen LogP contribution in [0.2, 0.25) is 0 Å². The molecule has 1 aliphatic carbocycles. The van der Waals surface area contributed by atoms with Gasteiger partial charge in [-0.3, -0.25) is 9.79 Å². The van der Waals surface area contributed by atoms with Gasteiger partial charge < -0.3 is 24.1 Å². The zero-order valence-electron chi connectivity index (χ0n) is 19.5. The number of aliphatic imine (C=N–C) groups is 1. The smallest absolute Gasteiger partial charge is 0.303 e. The maximum atomic E-state index is 11.4. The molecule has 0 amide bonds. The van der Waals surface area contributed by atoms with E-state index in [1.54, 1.807) is 27.4 Å². The summed E-state index contributed by atoms with van der Waals surface area (Å²) in [5.41, 5.74) is 3.59. The topological polar surface area (TPSA) is 99.5 Å². The Kier molecular flexibility index (Phi) is 6.72. The van der Waals surface area contributed by atoms with Crippen LogP contribution >= 0.6 is 0 Å². The van der Waals surface area contributed by atoms with Gasteiger partial charge in [0.05, 0.1) is 45.3 Å². The van der Waals surface area contributed by atoms with Gasteiger partial charge in [0, 0.05) is 24.0 Å². The van der Waals surface area contributed by atoms with Crippen molar-refractivity contribution in [1.29, 1.82) is 0 Å². The van der Waals surface area contributed by atoms with Crippen molar-refractivity contribution in [2.24, 2.45) is 10.9 Å². The molecule has 0 bridgehead atoms. The molecule has 4 rings (SSSR count). The molecule has 176 valence electrons. The van der Waals surface area contributed by atoms with Crippen molar-refractivity contribution in [3.05, 3.63) is 41.0 Å². The first-order chi connectivity index (χ1) is 16.0. The number of hydrogen-bond donors (Lipinski definition) is 1. The average molecular weight is 455 g/mol. The molecule has 0 unspecified atom stereocenters. The maximum absolute atomic E-state index is 11.4. The molecule has 1 saturated carbocycles. The van der Waals surface area contributed by atoms with Crippen LogP contribution in [0.25, 0.3) is 0 Å². The third-order valence-corrected chi connectivity index (χ3v) is 6.46. The largest absolute Gasteiger partial charge is 0.493 e. The minimum absolute atomic E-state index is 0.0484. The van der Waals surface area contributed by atoms with Crippen LogP contribution < -0.4 is 18.9 Å². The summed E-state index contributed by atoms with van der Waals surface area (Å²) < 4.78 is 22.3. The van der Waals surface area contributed by atoms with Gasteiger partial charge in [0.15, 0.2) is 11.5 Å². The van der Waals surface area contributed by atoms with Gasteiger partial charge in [-0.25, -0.2) is 0 Å². The molecule has 8 nitrogen and oxygen atoms in total. The molecule has 2 aromatic rings. The fourth-order valence-electron chi connectivity index (χ4n) is 5.00. The molecule has 0 spiro atoms. The highest BCUT2D eigenvalue weighted by atomic mass is 16.5. The number of aromatic nitrogens is 1. The number of nitrogens with zero attached hydrogens (tertiary/aromatic N) is 2. The summed E-state index contributed by atoms with van der Waals surface area (Å²) in [5, 5.41) is 9.34.